The molecule has 10 aromatic rings. The van der Waals surface area contributed by atoms with Gasteiger partial charge in [-0.2, -0.15) is 0 Å². The number of hydrogen-bond acceptors (Lipinski definition) is 6. The predicted octanol–water partition coefficient (Wildman–Crippen LogP) is 10.9. The number of fused-ring (bicyclic) bond motifs is 7. The number of para-hydroxylation sites is 1. The van der Waals surface area contributed by atoms with Crippen molar-refractivity contribution in [3.05, 3.63) is 146 Å². The van der Waals surface area contributed by atoms with Gasteiger partial charge in [-0.1, -0.05) is 115 Å². The smallest absolute Gasteiger partial charge is 0.227 e. The van der Waals surface area contributed by atoms with E-state index in [1.807, 2.05) is 97.1 Å². The van der Waals surface area contributed by atoms with Gasteiger partial charge in [-0.15, -0.1) is 0 Å². The zero-order chi connectivity index (χ0) is 31.6. The fraction of sp³-hybridized carbons (Fsp3) is 0. The molecular formula is C42H24N4O2. The van der Waals surface area contributed by atoms with Gasteiger partial charge < -0.3 is 8.83 Å². The van der Waals surface area contributed by atoms with E-state index >= 15 is 0 Å². The Morgan fingerprint density at radius 3 is 1.60 bits per heavy atom. The Balaban J connectivity index is 1.24. The third-order valence-corrected chi connectivity index (χ3v) is 8.97. The number of aromatic nitrogens is 4. The molecule has 0 bridgehead atoms. The summed E-state index contributed by atoms with van der Waals surface area (Å²) in [6, 6.07) is 48.9. The van der Waals surface area contributed by atoms with Gasteiger partial charge in [0.2, 0.25) is 5.89 Å². The van der Waals surface area contributed by atoms with Crippen molar-refractivity contribution in [2.45, 2.75) is 0 Å². The van der Waals surface area contributed by atoms with Gasteiger partial charge in [0.15, 0.2) is 23.1 Å². The van der Waals surface area contributed by atoms with Crippen molar-refractivity contribution in [3.63, 3.8) is 0 Å². The lowest BCUT2D eigenvalue weighted by Gasteiger charge is -2.11. The highest BCUT2D eigenvalue weighted by Crippen LogP contribution is 2.41. The van der Waals surface area contributed by atoms with Gasteiger partial charge in [-0.25, -0.2) is 19.9 Å². The summed E-state index contributed by atoms with van der Waals surface area (Å²) in [7, 11) is 0. The molecule has 224 valence electrons. The molecule has 0 aliphatic carbocycles. The fourth-order valence-electron chi connectivity index (χ4n) is 6.73. The van der Waals surface area contributed by atoms with E-state index < -0.39 is 0 Å². The number of rotatable bonds is 4. The molecule has 0 amide bonds. The van der Waals surface area contributed by atoms with Crippen LogP contribution in [0.25, 0.3) is 100 Å². The molecule has 10 rings (SSSR count). The Morgan fingerprint density at radius 1 is 0.375 bits per heavy atom. The molecule has 0 saturated carbocycles. The topological polar surface area (TPSA) is 77.8 Å². The molecule has 0 saturated heterocycles. The van der Waals surface area contributed by atoms with Crippen LogP contribution in [0.4, 0.5) is 0 Å². The van der Waals surface area contributed by atoms with E-state index in [1.54, 1.807) is 0 Å². The highest BCUT2D eigenvalue weighted by Gasteiger charge is 2.22. The van der Waals surface area contributed by atoms with Crippen molar-refractivity contribution < 1.29 is 8.83 Å². The number of oxazole rings is 1. The minimum Gasteiger partial charge on any atom is -0.455 e. The molecule has 6 heteroatoms. The highest BCUT2D eigenvalue weighted by atomic mass is 16.4. The zero-order valence-electron chi connectivity index (χ0n) is 25.5. The Hall–Kier alpha value is -6.66. The Morgan fingerprint density at radius 2 is 0.917 bits per heavy atom. The first-order chi connectivity index (χ1) is 23.8. The van der Waals surface area contributed by atoms with E-state index in [0.717, 1.165) is 60.1 Å². The van der Waals surface area contributed by atoms with Crippen LogP contribution in [0.1, 0.15) is 0 Å². The zero-order valence-corrected chi connectivity index (χ0v) is 25.5. The average Bonchev–Trinajstić information content (AvgIpc) is 3.76. The molecule has 0 fully saturated rings. The summed E-state index contributed by atoms with van der Waals surface area (Å²) in [6.07, 6.45) is 0. The largest absolute Gasteiger partial charge is 0.455 e. The molecule has 0 spiro atoms. The minimum atomic E-state index is 0.527. The van der Waals surface area contributed by atoms with Crippen LogP contribution in [0.2, 0.25) is 0 Å². The normalized spacial score (nSPS) is 11.8. The lowest BCUT2D eigenvalue weighted by Crippen LogP contribution is -2.01. The van der Waals surface area contributed by atoms with Crippen LogP contribution in [0.15, 0.2) is 154 Å². The molecular weight excluding hydrogens is 592 g/mol. The second-order valence-corrected chi connectivity index (χ2v) is 11.8. The van der Waals surface area contributed by atoms with Crippen LogP contribution in [-0.2, 0) is 0 Å². The van der Waals surface area contributed by atoms with E-state index in [0.29, 0.717) is 40.1 Å². The van der Waals surface area contributed by atoms with E-state index in [2.05, 4.69) is 48.5 Å². The summed E-state index contributed by atoms with van der Waals surface area (Å²) in [4.78, 5) is 20.2. The third kappa shape index (κ3) is 4.13. The molecule has 6 nitrogen and oxygen atoms in total. The maximum Gasteiger partial charge on any atom is 0.227 e. The van der Waals surface area contributed by atoms with E-state index in [-0.39, 0.29) is 0 Å². The monoisotopic (exact) mass is 616 g/mol. The van der Waals surface area contributed by atoms with Crippen LogP contribution in [-0.4, -0.2) is 19.9 Å². The molecule has 3 heterocycles. The molecule has 48 heavy (non-hydrogen) atoms. The van der Waals surface area contributed by atoms with Gasteiger partial charge in [0, 0.05) is 22.1 Å². The standard InChI is InChI=1S/C42H24N4O2/c1-2-13-27(14-3-1)42-43-34-23-24-35-36(38(34)48-42)32-21-10-22-33(37(32)47-35)41-45-39(30-19-8-15-25-11-4-6-17-28(25)30)44-40(46-41)31-20-9-16-26-12-5-7-18-29(26)31/h1-24H. The van der Waals surface area contributed by atoms with Crippen LogP contribution in [0.3, 0.4) is 0 Å². The van der Waals surface area contributed by atoms with Crippen LogP contribution >= 0.6 is 0 Å². The van der Waals surface area contributed by atoms with Crippen molar-refractivity contribution >= 4 is 54.6 Å². The first kappa shape index (κ1) is 26.5. The molecule has 0 radical (unpaired) electrons. The Kier molecular flexibility index (Phi) is 5.77. The predicted molar refractivity (Wildman–Crippen MR) is 191 cm³/mol. The van der Waals surface area contributed by atoms with Gasteiger partial charge in [-0.3, -0.25) is 0 Å². The summed E-state index contributed by atoms with van der Waals surface area (Å²) in [5.41, 5.74) is 6.40. The van der Waals surface area contributed by atoms with Crippen molar-refractivity contribution in [1.29, 1.82) is 0 Å². The quantitative estimate of drug-likeness (QED) is 0.196. The van der Waals surface area contributed by atoms with Crippen LogP contribution < -0.4 is 0 Å². The molecule has 0 atom stereocenters. The SMILES string of the molecule is c1ccc(-c2nc3ccc4oc5c(-c6nc(-c7cccc8ccccc78)nc(-c7cccc8ccccc78)n6)cccc5c4c3o2)cc1. The van der Waals surface area contributed by atoms with Gasteiger partial charge in [-0.05, 0) is 51.9 Å². The molecule has 3 aromatic heterocycles. The summed E-state index contributed by atoms with van der Waals surface area (Å²) in [5.74, 6) is 2.29. The van der Waals surface area contributed by atoms with Gasteiger partial charge >= 0.3 is 0 Å². The molecule has 0 aliphatic rings. The molecule has 0 unspecified atom stereocenters. The van der Waals surface area contributed by atoms with Crippen molar-refractivity contribution in [3.8, 4) is 45.6 Å². The maximum atomic E-state index is 6.60. The summed E-state index contributed by atoms with van der Waals surface area (Å²) >= 11 is 0. The van der Waals surface area contributed by atoms with Crippen LogP contribution in [0.5, 0.6) is 0 Å². The first-order valence-corrected chi connectivity index (χ1v) is 15.8. The van der Waals surface area contributed by atoms with Crippen LogP contribution in [0, 0.1) is 0 Å². The summed E-state index contributed by atoms with van der Waals surface area (Å²) in [6.45, 7) is 0. The highest BCUT2D eigenvalue weighted by molar-refractivity contribution is 6.18. The van der Waals surface area contributed by atoms with Gasteiger partial charge in [0.05, 0.1) is 10.9 Å². The molecule has 0 aliphatic heterocycles. The van der Waals surface area contributed by atoms with Crippen molar-refractivity contribution in [2.24, 2.45) is 0 Å². The van der Waals surface area contributed by atoms with Crippen molar-refractivity contribution in [1.82, 2.24) is 19.9 Å². The average molecular weight is 617 g/mol. The number of furan rings is 1. The first-order valence-electron chi connectivity index (χ1n) is 15.8. The number of hydrogen-bond donors (Lipinski definition) is 0. The Labute approximate surface area is 274 Å². The second-order valence-electron chi connectivity index (χ2n) is 11.8. The summed E-state index contributed by atoms with van der Waals surface area (Å²) < 4.78 is 13.0. The van der Waals surface area contributed by atoms with Crippen molar-refractivity contribution in [2.75, 3.05) is 0 Å². The lowest BCUT2D eigenvalue weighted by molar-refractivity contribution is 0.622. The summed E-state index contributed by atoms with van der Waals surface area (Å²) in [5, 5.41) is 6.16. The van der Waals surface area contributed by atoms with Gasteiger partial charge in [0.25, 0.3) is 0 Å². The third-order valence-electron chi connectivity index (χ3n) is 8.97. The maximum absolute atomic E-state index is 6.60. The minimum absolute atomic E-state index is 0.527. The lowest BCUT2D eigenvalue weighted by atomic mass is 10.0. The molecule has 0 N–H and O–H groups in total. The van der Waals surface area contributed by atoms with E-state index in [1.165, 1.54) is 0 Å². The fourth-order valence-corrected chi connectivity index (χ4v) is 6.73. The van der Waals surface area contributed by atoms with E-state index in [9.17, 15) is 0 Å². The van der Waals surface area contributed by atoms with Gasteiger partial charge in [0.1, 0.15) is 16.7 Å². The second kappa shape index (κ2) is 10.4. The van der Waals surface area contributed by atoms with E-state index in [4.69, 9.17) is 28.8 Å². The number of nitrogens with zero attached hydrogens (tertiary/aromatic N) is 4. The number of benzene rings is 7. The molecule has 7 aromatic carbocycles. The Bertz CT molecular complexity index is 2750.